The van der Waals surface area contributed by atoms with Crippen molar-refractivity contribution in [3.63, 3.8) is 0 Å². The molecule has 2 aliphatic rings. The van der Waals surface area contributed by atoms with Gasteiger partial charge in [0.1, 0.15) is 12.2 Å². The molecular formula is C16H25N3O2. The van der Waals surface area contributed by atoms with Crippen molar-refractivity contribution in [2.45, 2.75) is 70.3 Å². The summed E-state index contributed by atoms with van der Waals surface area (Å²) >= 11 is 0. The number of carboxylic acids is 1. The van der Waals surface area contributed by atoms with Gasteiger partial charge in [0.2, 0.25) is 0 Å². The van der Waals surface area contributed by atoms with E-state index in [-0.39, 0.29) is 11.8 Å². The number of carboxylic acid groups (broad SMARTS) is 1. The first kappa shape index (κ1) is 14.5. The SMILES string of the molecule is CCC1CC(C(=O)O)C(c2nncn2C2CCCCC2)C1. The van der Waals surface area contributed by atoms with E-state index in [1.807, 2.05) is 6.33 Å². The van der Waals surface area contributed by atoms with Crippen LogP contribution in [0.15, 0.2) is 6.33 Å². The van der Waals surface area contributed by atoms with Crippen molar-refractivity contribution < 1.29 is 9.90 Å². The van der Waals surface area contributed by atoms with Gasteiger partial charge in [-0.3, -0.25) is 4.79 Å². The second-order valence-corrected chi connectivity index (χ2v) is 6.69. The highest BCUT2D eigenvalue weighted by atomic mass is 16.4. The highest BCUT2D eigenvalue weighted by molar-refractivity contribution is 5.71. The van der Waals surface area contributed by atoms with E-state index < -0.39 is 5.97 Å². The molecule has 21 heavy (non-hydrogen) atoms. The lowest BCUT2D eigenvalue weighted by Gasteiger charge is -2.26. The van der Waals surface area contributed by atoms with Gasteiger partial charge in [0.15, 0.2) is 0 Å². The quantitative estimate of drug-likeness (QED) is 0.923. The monoisotopic (exact) mass is 291 g/mol. The first-order valence-electron chi connectivity index (χ1n) is 8.33. The first-order chi connectivity index (χ1) is 10.2. The number of hydrogen-bond acceptors (Lipinski definition) is 3. The van der Waals surface area contributed by atoms with Crippen molar-refractivity contribution in [2.24, 2.45) is 11.8 Å². The van der Waals surface area contributed by atoms with Crippen molar-refractivity contribution in [1.82, 2.24) is 14.8 Å². The minimum Gasteiger partial charge on any atom is -0.481 e. The van der Waals surface area contributed by atoms with Crippen LogP contribution in [0.4, 0.5) is 0 Å². The summed E-state index contributed by atoms with van der Waals surface area (Å²) in [5, 5.41) is 18.0. The molecule has 1 heterocycles. The Balaban J connectivity index is 1.85. The molecule has 0 amide bonds. The summed E-state index contributed by atoms with van der Waals surface area (Å²) in [7, 11) is 0. The summed E-state index contributed by atoms with van der Waals surface area (Å²) in [6, 6.07) is 0.471. The number of hydrogen-bond donors (Lipinski definition) is 1. The summed E-state index contributed by atoms with van der Waals surface area (Å²) in [5.41, 5.74) is 0. The second-order valence-electron chi connectivity index (χ2n) is 6.69. The van der Waals surface area contributed by atoms with Gasteiger partial charge in [-0.2, -0.15) is 0 Å². The zero-order valence-corrected chi connectivity index (χ0v) is 12.7. The Morgan fingerprint density at radius 3 is 2.76 bits per heavy atom. The maximum atomic E-state index is 11.6. The summed E-state index contributed by atoms with van der Waals surface area (Å²) in [6.07, 6.45) is 10.8. The van der Waals surface area contributed by atoms with Crippen molar-refractivity contribution >= 4 is 5.97 Å². The average molecular weight is 291 g/mol. The number of aromatic nitrogens is 3. The molecular weight excluding hydrogens is 266 g/mol. The zero-order valence-electron chi connectivity index (χ0n) is 12.7. The van der Waals surface area contributed by atoms with Gasteiger partial charge in [-0.05, 0) is 31.6 Å². The van der Waals surface area contributed by atoms with E-state index >= 15 is 0 Å². The highest BCUT2D eigenvalue weighted by Gasteiger charge is 2.41. The van der Waals surface area contributed by atoms with E-state index in [1.165, 1.54) is 32.1 Å². The van der Waals surface area contributed by atoms with Gasteiger partial charge in [-0.15, -0.1) is 10.2 Å². The Kier molecular flexibility index (Phi) is 4.27. The smallest absolute Gasteiger partial charge is 0.307 e. The molecule has 2 saturated carbocycles. The Morgan fingerprint density at radius 1 is 1.33 bits per heavy atom. The molecule has 0 radical (unpaired) electrons. The Morgan fingerprint density at radius 2 is 2.10 bits per heavy atom. The molecule has 0 bridgehead atoms. The molecule has 0 saturated heterocycles. The van der Waals surface area contributed by atoms with Crippen LogP contribution in [0.1, 0.15) is 76.1 Å². The molecule has 5 heteroatoms. The Hall–Kier alpha value is -1.39. The van der Waals surface area contributed by atoms with Gasteiger partial charge in [0, 0.05) is 12.0 Å². The standard InChI is InChI=1S/C16H25N3O2/c1-2-11-8-13(14(9-11)16(20)21)15-18-17-10-19(15)12-6-4-3-5-7-12/h10-14H,2-9H2,1H3,(H,20,21). The van der Waals surface area contributed by atoms with Crippen LogP contribution >= 0.6 is 0 Å². The van der Waals surface area contributed by atoms with Gasteiger partial charge in [-0.25, -0.2) is 0 Å². The number of nitrogens with zero attached hydrogens (tertiary/aromatic N) is 3. The summed E-state index contributed by atoms with van der Waals surface area (Å²) in [5.74, 6) is 0.505. The molecule has 0 aliphatic heterocycles. The van der Waals surface area contributed by atoms with Crippen LogP contribution in [-0.2, 0) is 4.79 Å². The van der Waals surface area contributed by atoms with Crippen LogP contribution < -0.4 is 0 Å². The molecule has 0 spiro atoms. The van der Waals surface area contributed by atoms with Crippen molar-refractivity contribution in [3.05, 3.63) is 12.2 Å². The van der Waals surface area contributed by atoms with Crippen LogP contribution in [0.3, 0.4) is 0 Å². The minimum absolute atomic E-state index is 0.0388. The third kappa shape index (κ3) is 2.83. The molecule has 0 aromatic carbocycles. The zero-order chi connectivity index (χ0) is 14.8. The predicted molar refractivity (Wildman–Crippen MR) is 79.0 cm³/mol. The maximum Gasteiger partial charge on any atom is 0.307 e. The summed E-state index contributed by atoms with van der Waals surface area (Å²) in [6.45, 7) is 2.15. The third-order valence-corrected chi connectivity index (χ3v) is 5.46. The fraction of sp³-hybridized carbons (Fsp3) is 0.812. The largest absolute Gasteiger partial charge is 0.481 e. The van der Waals surface area contributed by atoms with E-state index in [4.69, 9.17) is 0 Å². The van der Waals surface area contributed by atoms with Gasteiger partial charge in [0.05, 0.1) is 5.92 Å². The molecule has 1 aromatic heterocycles. The molecule has 3 unspecified atom stereocenters. The molecule has 2 aliphatic carbocycles. The molecule has 3 rings (SSSR count). The van der Waals surface area contributed by atoms with E-state index in [0.717, 1.165) is 25.1 Å². The fourth-order valence-electron chi connectivity index (χ4n) is 4.19. The first-order valence-corrected chi connectivity index (χ1v) is 8.33. The van der Waals surface area contributed by atoms with Crippen molar-refractivity contribution in [3.8, 4) is 0 Å². The fourth-order valence-corrected chi connectivity index (χ4v) is 4.19. The number of carbonyl (C=O) groups is 1. The molecule has 1 N–H and O–H groups in total. The van der Waals surface area contributed by atoms with Crippen LogP contribution in [0.2, 0.25) is 0 Å². The predicted octanol–water partition coefficient (Wildman–Crippen LogP) is 3.39. The van der Waals surface area contributed by atoms with Crippen LogP contribution in [0.25, 0.3) is 0 Å². The molecule has 3 atom stereocenters. The summed E-state index contributed by atoms with van der Waals surface area (Å²) < 4.78 is 2.19. The maximum absolute atomic E-state index is 11.6. The van der Waals surface area contributed by atoms with E-state index in [0.29, 0.717) is 12.0 Å². The van der Waals surface area contributed by atoms with Crippen LogP contribution in [0.5, 0.6) is 0 Å². The topological polar surface area (TPSA) is 68.0 Å². The van der Waals surface area contributed by atoms with Gasteiger partial charge < -0.3 is 9.67 Å². The minimum atomic E-state index is -0.672. The van der Waals surface area contributed by atoms with E-state index in [9.17, 15) is 9.90 Å². The highest BCUT2D eigenvalue weighted by Crippen LogP contribution is 2.45. The molecule has 5 nitrogen and oxygen atoms in total. The third-order valence-electron chi connectivity index (χ3n) is 5.46. The van der Waals surface area contributed by atoms with Crippen LogP contribution in [0, 0.1) is 11.8 Å². The lowest BCUT2D eigenvalue weighted by Crippen LogP contribution is -2.22. The van der Waals surface area contributed by atoms with Gasteiger partial charge in [-0.1, -0.05) is 32.6 Å². The lowest BCUT2D eigenvalue weighted by atomic mass is 9.92. The molecule has 1 aromatic rings. The Labute approximate surface area is 125 Å². The van der Waals surface area contributed by atoms with Crippen molar-refractivity contribution in [1.29, 1.82) is 0 Å². The normalized spacial score (nSPS) is 30.6. The molecule has 2 fully saturated rings. The second kappa shape index (κ2) is 6.16. The number of aliphatic carboxylic acids is 1. The van der Waals surface area contributed by atoms with Crippen molar-refractivity contribution in [2.75, 3.05) is 0 Å². The van der Waals surface area contributed by atoms with E-state index in [1.54, 1.807) is 0 Å². The average Bonchev–Trinajstić information content (AvgIpc) is 3.14. The van der Waals surface area contributed by atoms with Gasteiger partial charge in [0.25, 0.3) is 0 Å². The lowest BCUT2D eigenvalue weighted by molar-refractivity contribution is -0.142. The Bertz CT molecular complexity index is 493. The molecule has 116 valence electrons. The van der Waals surface area contributed by atoms with Crippen LogP contribution in [-0.4, -0.2) is 25.8 Å². The van der Waals surface area contributed by atoms with Gasteiger partial charge >= 0.3 is 5.97 Å². The number of rotatable bonds is 4. The summed E-state index contributed by atoms with van der Waals surface area (Å²) in [4.78, 5) is 11.6. The van der Waals surface area contributed by atoms with E-state index in [2.05, 4.69) is 21.7 Å².